The summed E-state index contributed by atoms with van der Waals surface area (Å²) in [5.41, 5.74) is 1.89. The standard InChI is InChI=1S/C19H27N3OS/c1-13-9-14(2)12-22(11-13)8-7-18(23)21-19-16(10-20)15-5-3-4-6-17(15)24-19/h13-14H,3-9,11-12H2,1-2H3,(H,21,23)/t13-,14+. The topological polar surface area (TPSA) is 56.1 Å². The van der Waals surface area contributed by atoms with Gasteiger partial charge in [-0.3, -0.25) is 4.79 Å². The van der Waals surface area contributed by atoms with Crippen molar-refractivity contribution in [3.8, 4) is 6.07 Å². The van der Waals surface area contributed by atoms with Gasteiger partial charge in [-0.1, -0.05) is 13.8 Å². The van der Waals surface area contributed by atoms with Gasteiger partial charge in [0.05, 0.1) is 5.56 Å². The lowest BCUT2D eigenvalue weighted by atomic mass is 9.92. The van der Waals surface area contributed by atoms with Gasteiger partial charge in [-0.25, -0.2) is 0 Å². The van der Waals surface area contributed by atoms with Gasteiger partial charge in [-0.15, -0.1) is 11.3 Å². The van der Waals surface area contributed by atoms with Crippen molar-refractivity contribution in [3.05, 3.63) is 16.0 Å². The van der Waals surface area contributed by atoms with Crippen LogP contribution in [-0.2, 0) is 17.6 Å². The van der Waals surface area contributed by atoms with Gasteiger partial charge >= 0.3 is 0 Å². The number of thiophene rings is 1. The average Bonchev–Trinajstić information content (AvgIpc) is 2.89. The minimum Gasteiger partial charge on any atom is -0.317 e. The molecule has 1 aromatic rings. The second-order valence-corrected chi connectivity index (χ2v) is 8.64. The highest BCUT2D eigenvalue weighted by atomic mass is 32.1. The SMILES string of the molecule is C[C@@H]1C[C@H](C)CN(CCC(=O)Nc2sc3c(c2C#N)CCCC3)C1. The van der Waals surface area contributed by atoms with Crippen LogP contribution in [0, 0.1) is 23.2 Å². The fourth-order valence-electron chi connectivity index (χ4n) is 4.20. The predicted octanol–water partition coefficient (Wildman–Crippen LogP) is 3.81. The first kappa shape index (κ1) is 17.4. The van der Waals surface area contributed by atoms with Crippen LogP contribution in [0.1, 0.15) is 55.5 Å². The highest BCUT2D eigenvalue weighted by molar-refractivity contribution is 7.16. The molecule has 0 bridgehead atoms. The van der Waals surface area contributed by atoms with Gasteiger partial charge in [0, 0.05) is 30.9 Å². The van der Waals surface area contributed by atoms with E-state index in [0.717, 1.165) is 43.9 Å². The molecule has 3 rings (SSSR count). The number of hydrogen-bond acceptors (Lipinski definition) is 4. The Morgan fingerprint density at radius 1 is 1.29 bits per heavy atom. The molecule has 2 atom stereocenters. The van der Waals surface area contributed by atoms with Crippen LogP contribution in [0.5, 0.6) is 0 Å². The maximum Gasteiger partial charge on any atom is 0.226 e. The molecule has 1 aliphatic carbocycles. The molecule has 0 unspecified atom stereocenters. The molecule has 1 fully saturated rings. The highest BCUT2D eigenvalue weighted by Crippen LogP contribution is 2.37. The summed E-state index contributed by atoms with van der Waals surface area (Å²) in [6, 6.07) is 2.31. The molecular weight excluding hydrogens is 318 g/mol. The third kappa shape index (κ3) is 3.99. The molecule has 130 valence electrons. The molecule has 4 nitrogen and oxygen atoms in total. The van der Waals surface area contributed by atoms with Crippen molar-refractivity contribution in [2.24, 2.45) is 11.8 Å². The van der Waals surface area contributed by atoms with E-state index in [-0.39, 0.29) is 5.91 Å². The second kappa shape index (κ2) is 7.67. The maximum atomic E-state index is 12.4. The lowest BCUT2D eigenvalue weighted by Gasteiger charge is -2.34. The van der Waals surface area contributed by atoms with E-state index in [0.29, 0.717) is 23.8 Å². The van der Waals surface area contributed by atoms with Crippen LogP contribution in [0.2, 0.25) is 0 Å². The number of carbonyl (C=O) groups excluding carboxylic acids is 1. The summed E-state index contributed by atoms with van der Waals surface area (Å²) in [6.07, 6.45) is 6.17. The third-order valence-corrected chi connectivity index (χ3v) is 6.34. The van der Waals surface area contributed by atoms with Gasteiger partial charge in [-0.2, -0.15) is 5.26 Å². The Morgan fingerprint density at radius 3 is 2.71 bits per heavy atom. The molecule has 1 amide bonds. The smallest absolute Gasteiger partial charge is 0.226 e. The quantitative estimate of drug-likeness (QED) is 0.903. The zero-order valence-corrected chi connectivity index (χ0v) is 15.5. The Hall–Kier alpha value is -1.38. The van der Waals surface area contributed by atoms with Gasteiger partial charge < -0.3 is 10.2 Å². The van der Waals surface area contributed by atoms with Crippen molar-refractivity contribution in [3.63, 3.8) is 0 Å². The summed E-state index contributed by atoms with van der Waals surface area (Å²) >= 11 is 1.61. The number of amides is 1. The number of piperidine rings is 1. The summed E-state index contributed by atoms with van der Waals surface area (Å²) in [7, 11) is 0. The van der Waals surface area contributed by atoms with Crippen LogP contribution in [-0.4, -0.2) is 30.4 Å². The minimum absolute atomic E-state index is 0.0379. The number of fused-ring (bicyclic) bond motifs is 1. The number of nitrogens with zero attached hydrogens (tertiary/aromatic N) is 2. The number of rotatable bonds is 4. The second-order valence-electron chi connectivity index (χ2n) is 7.53. The molecule has 0 aromatic carbocycles. The zero-order chi connectivity index (χ0) is 17.1. The largest absolute Gasteiger partial charge is 0.317 e. The van der Waals surface area contributed by atoms with Crippen molar-refractivity contribution in [2.75, 3.05) is 25.0 Å². The molecular formula is C19H27N3OS. The monoisotopic (exact) mass is 345 g/mol. The molecule has 24 heavy (non-hydrogen) atoms. The summed E-state index contributed by atoms with van der Waals surface area (Å²) < 4.78 is 0. The normalized spacial score (nSPS) is 24.2. The first-order chi connectivity index (χ1) is 11.6. The molecule has 2 aliphatic rings. The molecule has 0 spiro atoms. The number of nitrogens with one attached hydrogen (secondary N) is 1. The van der Waals surface area contributed by atoms with Crippen LogP contribution >= 0.6 is 11.3 Å². The van der Waals surface area contributed by atoms with Gasteiger partial charge in [-0.05, 0) is 49.5 Å². The molecule has 5 heteroatoms. The molecule has 1 aromatic heterocycles. The Morgan fingerprint density at radius 2 is 2.00 bits per heavy atom. The summed E-state index contributed by atoms with van der Waals surface area (Å²) in [5, 5.41) is 13.2. The summed E-state index contributed by atoms with van der Waals surface area (Å²) in [4.78, 5) is 16.1. The fourth-order valence-corrected chi connectivity index (χ4v) is 5.45. The number of nitriles is 1. The van der Waals surface area contributed by atoms with E-state index in [1.165, 1.54) is 23.3 Å². The Balaban J connectivity index is 1.57. The van der Waals surface area contributed by atoms with Gasteiger partial charge in [0.1, 0.15) is 11.1 Å². The van der Waals surface area contributed by atoms with Crippen molar-refractivity contribution in [1.29, 1.82) is 5.26 Å². The summed E-state index contributed by atoms with van der Waals surface area (Å²) in [6.45, 7) is 7.58. The van der Waals surface area contributed by atoms with Crippen LogP contribution in [0.3, 0.4) is 0 Å². The number of likely N-dealkylation sites (tertiary alicyclic amines) is 1. The van der Waals surface area contributed by atoms with E-state index < -0.39 is 0 Å². The van der Waals surface area contributed by atoms with E-state index in [1.54, 1.807) is 11.3 Å². The van der Waals surface area contributed by atoms with Gasteiger partial charge in [0.15, 0.2) is 0 Å². The Bertz CT molecular complexity index is 636. The van der Waals surface area contributed by atoms with Gasteiger partial charge in [0.25, 0.3) is 0 Å². The van der Waals surface area contributed by atoms with E-state index in [9.17, 15) is 10.1 Å². The van der Waals surface area contributed by atoms with E-state index in [2.05, 4.69) is 30.1 Å². The number of carbonyl (C=O) groups is 1. The fraction of sp³-hybridized carbons (Fsp3) is 0.684. The number of aryl methyl sites for hydroxylation is 1. The maximum absolute atomic E-state index is 12.4. The van der Waals surface area contributed by atoms with Crippen molar-refractivity contribution in [1.82, 2.24) is 4.90 Å². The molecule has 1 saturated heterocycles. The van der Waals surface area contributed by atoms with E-state index in [4.69, 9.17) is 0 Å². The lowest BCUT2D eigenvalue weighted by molar-refractivity contribution is -0.116. The molecule has 2 heterocycles. The van der Waals surface area contributed by atoms with Crippen LogP contribution in [0.4, 0.5) is 5.00 Å². The number of anilines is 1. The van der Waals surface area contributed by atoms with E-state index in [1.807, 2.05) is 0 Å². The summed E-state index contributed by atoms with van der Waals surface area (Å²) in [5.74, 6) is 1.47. The first-order valence-electron chi connectivity index (χ1n) is 9.13. The third-order valence-electron chi connectivity index (χ3n) is 5.14. The van der Waals surface area contributed by atoms with Gasteiger partial charge in [0.2, 0.25) is 5.91 Å². The first-order valence-corrected chi connectivity index (χ1v) is 9.95. The molecule has 1 aliphatic heterocycles. The van der Waals surface area contributed by atoms with Crippen molar-refractivity contribution < 1.29 is 4.79 Å². The predicted molar refractivity (Wildman–Crippen MR) is 98.3 cm³/mol. The van der Waals surface area contributed by atoms with Crippen molar-refractivity contribution in [2.45, 2.75) is 52.4 Å². The lowest BCUT2D eigenvalue weighted by Crippen LogP contribution is -2.40. The van der Waals surface area contributed by atoms with Crippen molar-refractivity contribution >= 4 is 22.2 Å². The average molecular weight is 346 g/mol. The zero-order valence-electron chi connectivity index (χ0n) is 14.7. The van der Waals surface area contributed by atoms with Crippen LogP contribution in [0.25, 0.3) is 0 Å². The minimum atomic E-state index is 0.0379. The van der Waals surface area contributed by atoms with E-state index >= 15 is 0 Å². The van der Waals surface area contributed by atoms with Crippen LogP contribution in [0.15, 0.2) is 0 Å². The Labute approximate surface area is 148 Å². The molecule has 0 radical (unpaired) electrons. The molecule has 1 N–H and O–H groups in total. The highest BCUT2D eigenvalue weighted by Gasteiger charge is 2.24. The number of hydrogen-bond donors (Lipinski definition) is 1. The molecule has 0 saturated carbocycles. The van der Waals surface area contributed by atoms with Crippen LogP contribution < -0.4 is 5.32 Å². The Kier molecular flexibility index (Phi) is 5.57.